The Bertz CT molecular complexity index is 481. The van der Waals surface area contributed by atoms with E-state index in [1.807, 2.05) is 19.9 Å². The zero-order valence-corrected chi connectivity index (χ0v) is 18.2. The van der Waals surface area contributed by atoms with E-state index in [2.05, 4.69) is 25.4 Å². The first-order valence-electron chi connectivity index (χ1n) is 8.96. The van der Waals surface area contributed by atoms with Crippen LogP contribution in [0.15, 0.2) is 17.9 Å². The van der Waals surface area contributed by atoms with Crippen molar-refractivity contribution in [3.05, 3.63) is 17.9 Å². The molecule has 0 heterocycles. The van der Waals surface area contributed by atoms with Crippen molar-refractivity contribution in [2.24, 2.45) is 5.41 Å². The summed E-state index contributed by atoms with van der Waals surface area (Å²) in [4.78, 5) is 25.0. The average molecular weight is 387 g/mol. The highest BCUT2D eigenvalue weighted by molar-refractivity contribution is 6.76. The molecule has 0 aliphatic carbocycles. The number of carbonyl (C=O) groups is 2. The normalized spacial score (nSPS) is 11.7. The third-order valence-electron chi connectivity index (χ3n) is 3.77. The highest BCUT2D eigenvalue weighted by Gasteiger charge is 2.49. The molecule has 0 bridgehead atoms. The minimum atomic E-state index is -1.53. The maximum absolute atomic E-state index is 12.5. The molecule has 0 atom stereocenters. The van der Waals surface area contributed by atoms with Gasteiger partial charge in [0.25, 0.3) is 0 Å². The summed E-state index contributed by atoms with van der Waals surface area (Å²) in [6.07, 6.45) is 3.05. The molecule has 0 spiro atoms. The summed E-state index contributed by atoms with van der Waals surface area (Å²) in [5, 5.41) is 0. The van der Waals surface area contributed by atoms with Crippen LogP contribution < -0.4 is 0 Å². The minimum Gasteiger partial charge on any atom is -0.468 e. The van der Waals surface area contributed by atoms with Gasteiger partial charge in [-0.2, -0.15) is 0 Å². The second-order valence-electron chi connectivity index (χ2n) is 7.15. The van der Waals surface area contributed by atoms with Crippen molar-refractivity contribution < 1.29 is 28.5 Å². The van der Waals surface area contributed by atoms with Gasteiger partial charge in [0, 0.05) is 27.7 Å². The Morgan fingerprint density at radius 3 is 1.88 bits per heavy atom. The van der Waals surface area contributed by atoms with Gasteiger partial charge in [0.15, 0.2) is 11.7 Å². The summed E-state index contributed by atoms with van der Waals surface area (Å²) in [7, 11) is 1.28. The van der Waals surface area contributed by atoms with Gasteiger partial charge in [-0.1, -0.05) is 19.6 Å². The molecule has 6 nitrogen and oxygen atoms in total. The Morgan fingerprint density at radius 2 is 1.50 bits per heavy atom. The number of esters is 2. The highest BCUT2D eigenvalue weighted by atomic mass is 28.3. The topological polar surface area (TPSA) is 71.1 Å². The van der Waals surface area contributed by atoms with Crippen LogP contribution in [0.2, 0.25) is 25.7 Å². The van der Waals surface area contributed by atoms with E-state index in [-0.39, 0.29) is 12.8 Å². The summed E-state index contributed by atoms with van der Waals surface area (Å²) >= 11 is 0. The molecule has 0 radical (unpaired) electrons. The molecule has 0 N–H and O–H groups in total. The van der Waals surface area contributed by atoms with E-state index < -0.39 is 31.7 Å². The molecule has 0 rings (SSSR count). The molecule has 0 saturated carbocycles. The summed E-state index contributed by atoms with van der Waals surface area (Å²) < 4.78 is 20.9. The second-order valence-corrected chi connectivity index (χ2v) is 12.7. The summed E-state index contributed by atoms with van der Waals surface area (Å²) in [5.41, 5.74) is 1.55. The van der Waals surface area contributed by atoms with Gasteiger partial charge in [0.1, 0.15) is 0 Å². The number of allylic oxidation sites excluding steroid dienone is 1. The first-order valence-corrected chi connectivity index (χ1v) is 12.7. The first-order chi connectivity index (χ1) is 12.2. The van der Waals surface area contributed by atoms with Gasteiger partial charge in [-0.25, -0.2) is 0 Å². The van der Waals surface area contributed by atoms with E-state index in [0.29, 0.717) is 13.2 Å². The van der Waals surface area contributed by atoms with Crippen LogP contribution in [0.25, 0.3) is 0 Å². The van der Waals surface area contributed by atoms with Crippen LogP contribution in [0.1, 0.15) is 26.7 Å². The van der Waals surface area contributed by atoms with Crippen LogP contribution in [-0.2, 0) is 28.5 Å². The van der Waals surface area contributed by atoms with Crippen LogP contribution in [0.4, 0.5) is 0 Å². The van der Waals surface area contributed by atoms with Crippen molar-refractivity contribution in [3.63, 3.8) is 0 Å². The fourth-order valence-electron chi connectivity index (χ4n) is 2.39. The van der Waals surface area contributed by atoms with E-state index in [1.165, 1.54) is 14.2 Å². The monoisotopic (exact) mass is 386 g/mol. The summed E-state index contributed by atoms with van der Waals surface area (Å²) in [6.45, 7) is 11.2. The van der Waals surface area contributed by atoms with Gasteiger partial charge >= 0.3 is 11.9 Å². The Hall–Kier alpha value is -1.40. The molecule has 150 valence electrons. The number of methoxy groups -OCH3 is 2. The van der Waals surface area contributed by atoms with Crippen molar-refractivity contribution in [1.29, 1.82) is 0 Å². The van der Waals surface area contributed by atoms with Gasteiger partial charge in [-0.3, -0.25) is 9.59 Å². The third-order valence-corrected chi connectivity index (χ3v) is 5.20. The minimum absolute atomic E-state index is 0.0141. The molecule has 0 unspecified atom stereocenters. The van der Waals surface area contributed by atoms with Crippen LogP contribution >= 0.6 is 0 Å². The summed E-state index contributed by atoms with van der Waals surface area (Å²) in [6, 6.07) is 0.966. The standard InChI is InChI=1S/C19H34O6Si/c1-8-24-16(25-9-2)15-19(17(20)22-3,18(21)23-4)13-11-10-12-14-26(5,6)7/h11-12,16H,8-9,13-15H2,1-7H3. The Balaban J connectivity index is 5.64. The lowest BCUT2D eigenvalue weighted by molar-refractivity contribution is -0.188. The number of hydrogen-bond acceptors (Lipinski definition) is 6. The largest absolute Gasteiger partial charge is 0.468 e. The van der Waals surface area contributed by atoms with Gasteiger partial charge in [0.05, 0.1) is 14.2 Å². The molecule has 0 aromatic heterocycles. The highest BCUT2D eigenvalue weighted by Crippen LogP contribution is 2.33. The molecule has 0 aliphatic rings. The molecule has 0 aliphatic heterocycles. The first kappa shape index (κ1) is 24.6. The molecule has 0 fully saturated rings. The van der Waals surface area contributed by atoms with Gasteiger partial charge in [-0.05, 0) is 38.5 Å². The van der Waals surface area contributed by atoms with Crippen LogP contribution in [-0.4, -0.2) is 53.7 Å². The number of hydrogen-bond donors (Lipinski definition) is 0. The van der Waals surface area contributed by atoms with E-state index in [1.54, 1.807) is 6.08 Å². The molecular weight excluding hydrogens is 352 g/mol. The predicted molar refractivity (Wildman–Crippen MR) is 104 cm³/mol. The fraction of sp³-hybridized carbons (Fsp3) is 0.737. The lowest BCUT2D eigenvalue weighted by atomic mass is 9.80. The fourth-order valence-corrected chi connectivity index (χ4v) is 3.12. The van der Waals surface area contributed by atoms with Crippen molar-refractivity contribution in [2.45, 2.75) is 58.7 Å². The predicted octanol–water partition coefficient (Wildman–Crippen LogP) is 3.55. The maximum Gasteiger partial charge on any atom is 0.323 e. The van der Waals surface area contributed by atoms with Gasteiger partial charge < -0.3 is 18.9 Å². The van der Waals surface area contributed by atoms with Crippen LogP contribution in [0.5, 0.6) is 0 Å². The molecule has 0 amide bonds. The van der Waals surface area contributed by atoms with Crippen molar-refractivity contribution in [3.8, 4) is 0 Å². The zero-order valence-electron chi connectivity index (χ0n) is 17.2. The second kappa shape index (κ2) is 12.1. The summed E-state index contributed by atoms with van der Waals surface area (Å²) in [5.74, 6) is -1.34. The van der Waals surface area contributed by atoms with E-state index in [0.717, 1.165) is 6.04 Å². The SMILES string of the molecule is CCOC(CC(CC=C=CC[Si](C)(C)C)(C(=O)OC)C(=O)OC)OCC. The molecular formula is C19H34O6Si. The van der Waals surface area contributed by atoms with Gasteiger partial charge in [0.2, 0.25) is 0 Å². The van der Waals surface area contributed by atoms with Crippen LogP contribution in [0, 0.1) is 5.41 Å². The van der Waals surface area contributed by atoms with E-state index >= 15 is 0 Å². The maximum atomic E-state index is 12.5. The van der Waals surface area contributed by atoms with Crippen molar-refractivity contribution >= 4 is 20.0 Å². The number of carbonyl (C=O) groups excluding carboxylic acids is 2. The lowest BCUT2D eigenvalue weighted by Gasteiger charge is -2.30. The number of ether oxygens (including phenoxy) is 4. The van der Waals surface area contributed by atoms with E-state index in [9.17, 15) is 9.59 Å². The molecule has 0 aromatic rings. The van der Waals surface area contributed by atoms with E-state index in [4.69, 9.17) is 18.9 Å². The average Bonchev–Trinajstić information content (AvgIpc) is 2.58. The zero-order chi connectivity index (χ0) is 20.2. The Labute approximate surface area is 158 Å². The molecule has 26 heavy (non-hydrogen) atoms. The van der Waals surface area contributed by atoms with Crippen LogP contribution in [0.3, 0.4) is 0 Å². The Kier molecular flexibility index (Phi) is 11.4. The van der Waals surface area contributed by atoms with Crippen molar-refractivity contribution in [2.75, 3.05) is 27.4 Å². The molecule has 0 aromatic carbocycles. The molecule has 7 heteroatoms. The smallest absolute Gasteiger partial charge is 0.323 e. The number of rotatable bonds is 12. The van der Waals surface area contributed by atoms with Gasteiger partial charge in [-0.15, -0.1) is 5.73 Å². The lowest BCUT2D eigenvalue weighted by Crippen LogP contribution is -2.44. The Morgan fingerprint density at radius 1 is 1.00 bits per heavy atom. The van der Waals surface area contributed by atoms with Crippen molar-refractivity contribution in [1.82, 2.24) is 0 Å². The third kappa shape index (κ3) is 8.32. The molecule has 0 saturated heterocycles. The quantitative estimate of drug-likeness (QED) is 0.168.